The van der Waals surface area contributed by atoms with Crippen LogP contribution < -0.4 is 5.73 Å². The predicted octanol–water partition coefficient (Wildman–Crippen LogP) is 2.76. The van der Waals surface area contributed by atoms with Gasteiger partial charge in [0.15, 0.2) is 0 Å². The van der Waals surface area contributed by atoms with Crippen LogP contribution in [0.4, 0.5) is 5.82 Å². The van der Waals surface area contributed by atoms with E-state index in [9.17, 15) is 0 Å². The van der Waals surface area contributed by atoms with Crippen molar-refractivity contribution in [3.05, 3.63) is 35.7 Å². The number of hydrogen-bond acceptors (Lipinski definition) is 2. The third-order valence-corrected chi connectivity index (χ3v) is 3.29. The monoisotopic (exact) mass is 226 g/mol. The summed E-state index contributed by atoms with van der Waals surface area (Å²) in [6.07, 6.45) is 1.75. The lowest BCUT2D eigenvalue weighted by Gasteiger charge is -2.00. The highest BCUT2D eigenvalue weighted by Crippen LogP contribution is 2.29. The molecule has 2 aromatic heterocycles. The molecule has 0 amide bonds. The second-order valence-corrected chi connectivity index (χ2v) is 4.33. The summed E-state index contributed by atoms with van der Waals surface area (Å²) < 4.78 is 0. The summed E-state index contributed by atoms with van der Waals surface area (Å²) in [6, 6.07) is 6.30. The summed E-state index contributed by atoms with van der Waals surface area (Å²) in [5.41, 5.74) is 11.5. The van der Waals surface area contributed by atoms with Crippen LogP contribution in [0.15, 0.2) is 24.4 Å². The SMILES string of the molecule is Cc1[nH]c2cc(-c3cn[nH]c3N)ccc2c1C. The average Bonchev–Trinajstić information content (AvgIpc) is 2.84. The first-order valence-corrected chi connectivity index (χ1v) is 5.55. The number of benzene rings is 1. The summed E-state index contributed by atoms with van der Waals surface area (Å²) in [4.78, 5) is 3.38. The van der Waals surface area contributed by atoms with Gasteiger partial charge in [-0.25, -0.2) is 0 Å². The zero-order chi connectivity index (χ0) is 12.0. The van der Waals surface area contributed by atoms with Crippen LogP contribution in [0.25, 0.3) is 22.0 Å². The van der Waals surface area contributed by atoms with Gasteiger partial charge in [0.25, 0.3) is 0 Å². The first-order chi connectivity index (χ1) is 8.16. The van der Waals surface area contributed by atoms with E-state index in [1.54, 1.807) is 6.20 Å². The number of aromatic amines is 2. The van der Waals surface area contributed by atoms with Crippen LogP contribution in [0.3, 0.4) is 0 Å². The number of hydrogen-bond donors (Lipinski definition) is 3. The van der Waals surface area contributed by atoms with Crippen molar-refractivity contribution in [1.82, 2.24) is 15.2 Å². The number of aromatic nitrogens is 3. The quantitative estimate of drug-likeness (QED) is 0.597. The van der Waals surface area contributed by atoms with Gasteiger partial charge < -0.3 is 10.7 Å². The highest BCUT2D eigenvalue weighted by molar-refractivity contribution is 5.89. The van der Waals surface area contributed by atoms with E-state index in [1.807, 2.05) is 0 Å². The maximum atomic E-state index is 5.82. The summed E-state index contributed by atoms with van der Waals surface area (Å²) in [7, 11) is 0. The van der Waals surface area contributed by atoms with E-state index in [0.29, 0.717) is 5.82 Å². The number of nitrogens with two attached hydrogens (primary N) is 1. The number of nitrogens with one attached hydrogen (secondary N) is 2. The number of nitrogens with zero attached hydrogens (tertiary/aromatic N) is 1. The lowest BCUT2D eigenvalue weighted by molar-refractivity contribution is 1.10. The van der Waals surface area contributed by atoms with Gasteiger partial charge in [-0.05, 0) is 31.0 Å². The van der Waals surface area contributed by atoms with Crippen LogP contribution in [0.2, 0.25) is 0 Å². The minimum atomic E-state index is 0.601. The normalized spacial score (nSPS) is 11.2. The van der Waals surface area contributed by atoms with Gasteiger partial charge in [0.1, 0.15) is 5.82 Å². The van der Waals surface area contributed by atoms with Gasteiger partial charge >= 0.3 is 0 Å². The van der Waals surface area contributed by atoms with Crippen molar-refractivity contribution in [2.75, 3.05) is 5.73 Å². The molecule has 0 bridgehead atoms. The number of rotatable bonds is 1. The molecule has 0 unspecified atom stereocenters. The molecule has 0 radical (unpaired) electrons. The van der Waals surface area contributed by atoms with Crippen LogP contribution in [-0.2, 0) is 0 Å². The maximum Gasteiger partial charge on any atom is 0.126 e. The Hall–Kier alpha value is -2.23. The minimum absolute atomic E-state index is 0.601. The molecule has 3 aromatic rings. The van der Waals surface area contributed by atoms with Gasteiger partial charge in [0, 0.05) is 22.2 Å². The fraction of sp³-hybridized carbons (Fsp3) is 0.154. The van der Waals surface area contributed by atoms with E-state index in [4.69, 9.17) is 5.73 Å². The first-order valence-electron chi connectivity index (χ1n) is 5.55. The molecule has 4 nitrogen and oxygen atoms in total. The first kappa shape index (κ1) is 9.96. The van der Waals surface area contributed by atoms with Crippen LogP contribution in [0, 0.1) is 13.8 Å². The number of anilines is 1. The maximum absolute atomic E-state index is 5.82. The molecule has 4 N–H and O–H groups in total. The largest absolute Gasteiger partial charge is 0.384 e. The molecular weight excluding hydrogens is 212 g/mol. The zero-order valence-corrected chi connectivity index (χ0v) is 9.83. The van der Waals surface area contributed by atoms with Gasteiger partial charge in [-0.2, -0.15) is 5.10 Å². The molecule has 4 heteroatoms. The zero-order valence-electron chi connectivity index (χ0n) is 9.83. The van der Waals surface area contributed by atoms with Gasteiger partial charge in [-0.3, -0.25) is 5.10 Å². The van der Waals surface area contributed by atoms with E-state index in [2.05, 4.69) is 47.2 Å². The Morgan fingerprint density at radius 3 is 2.76 bits per heavy atom. The highest BCUT2D eigenvalue weighted by Gasteiger charge is 2.08. The third kappa shape index (κ3) is 1.41. The van der Waals surface area contributed by atoms with E-state index in [-0.39, 0.29) is 0 Å². The summed E-state index contributed by atoms with van der Waals surface area (Å²) >= 11 is 0. The van der Waals surface area contributed by atoms with Crippen LogP contribution in [0.1, 0.15) is 11.3 Å². The molecule has 0 atom stereocenters. The van der Waals surface area contributed by atoms with E-state index >= 15 is 0 Å². The van der Waals surface area contributed by atoms with Crippen molar-refractivity contribution in [1.29, 1.82) is 0 Å². The van der Waals surface area contributed by atoms with Crippen LogP contribution in [0.5, 0.6) is 0 Å². The summed E-state index contributed by atoms with van der Waals surface area (Å²) in [5, 5.41) is 7.95. The van der Waals surface area contributed by atoms with E-state index in [1.165, 1.54) is 16.6 Å². The highest BCUT2D eigenvalue weighted by atomic mass is 15.1. The van der Waals surface area contributed by atoms with Crippen molar-refractivity contribution in [3.63, 3.8) is 0 Å². The van der Waals surface area contributed by atoms with Crippen molar-refractivity contribution < 1.29 is 0 Å². The molecule has 0 saturated carbocycles. The molecular formula is C13H14N4. The third-order valence-electron chi connectivity index (χ3n) is 3.29. The Morgan fingerprint density at radius 2 is 2.06 bits per heavy atom. The van der Waals surface area contributed by atoms with E-state index < -0.39 is 0 Å². The summed E-state index contributed by atoms with van der Waals surface area (Å²) in [5.74, 6) is 0.601. The van der Waals surface area contributed by atoms with Crippen molar-refractivity contribution in [2.24, 2.45) is 0 Å². The van der Waals surface area contributed by atoms with Gasteiger partial charge in [-0.15, -0.1) is 0 Å². The number of H-pyrrole nitrogens is 2. The Bertz CT molecular complexity index is 691. The Kier molecular flexibility index (Phi) is 1.98. The van der Waals surface area contributed by atoms with Crippen LogP contribution >= 0.6 is 0 Å². The molecule has 0 aliphatic carbocycles. The number of aryl methyl sites for hydroxylation is 2. The second kappa shape index (κ2) is 3.38. The summed E-state index contributed by atoms with van der Waals surface area (Å²) in [6.45, 7) is 4.21. The molecule has 0 saturated heterocycles. The fourth-order valence-electron chi connectivity index (χ4n) is 2.17. The lowest BCUT2D eigenvalue weighted by atomic mass is 10.1. The topological polar surface area (TPSA) is 70.5 Å². The Balaban J connectivity index is 2.24. The average molecular weight is 226 g/mol. The van der Waals surface area contributed by atoms with Gasteiger partial charge in [0.2, 0.25) is 0 Å². The predicted molar refractivity (Wildman–Crippen MR) is 69.8 cm³/mol. The molecule has 0 spiro atoms. The molecule has 1 aromatic carbocycles. The minimum Gasteiger partial charge on any atom is -0.384 e. The molecule has 0 aliphatic heterocycles. The van der Waals surface area contributed by atoms with Crippen LogP contribution in [-0.4, -0.2) is 15.2 Å². The second-order valence-electron chi connectivity index (χ2n) is 4.33. The molecule has 0 fully saturated rings. The van der Waals surface area contributed by atoms with Gasteiger partial charge in [0.05, 0.1) is 6.20 Å². The van der Waals surface area contributed by atoms with Crippen molar-refractivity contribution >= 4 is 16.7 Å². The van der Waals surface area contributed by atoms with Crippen molar-refractivity contribution in [2.45, 2.75) is 13.8 Å². The smallest absolute Gasteiger partial charge is 0.126 e. The van der Waals surface area contributed by atoms with Crippen molar-refractivity contribution in [3.8, 4) is 11.1 Å². The number of fused-ring (bicyclic) bond motifs is 1. The molecule has 0 aliphatic rings. The number of nitrogen functional groups attached to an aromatic ring is 1. The molecule has 86 valence electrons. The lowest BCUT2D eigenvalue weighted by Crippen LogP contribution is -1.87. The van der Waals surface area contributed by atoms with E-state index in [0.717, 1.165) is 16.6 Å². The molecule has 17 heavy (non-hydrogen) atoms. The molecule has 2 heterocycles. The standard InChI is InChI=1S/C13H14N4/c1-7-8(2)16-12-5-9(3-4-10(7)12)11-6-15-17-13(11)14/h3-6,16H,1-2H3,(H3,14,15,17). The molecule has 3 rings (SSSR count). The Morgan fingerprint density at radius 1 is 1.24 bits per heavy atom. The fourth-order valence-corrected chi connectivity index (χ4v) is 2.17. The Labute approximate surface area is 98.8 Å². The van der Waals surface area contributed by atoms with Gasteiger partial charge in [-0.1, -0.05) is 12.1 Å².